The third-order valence-electron chi connectivity index (χ3n) is 9.64. The molecule has 0 radical (unpaired) electrons. The molecule has 2 saturated carbocycles. The van der Waals surface area contributed by atoms with Crippen LogP contribution >= 0.6 is 0 Å². The molecule has 0 saturated heterocycles. The molecule has 3 rings (SSSR count). The maximum absolute atomic E-state index is 15.0. The second-order valence-electron chi connectivity index (χ2n) is 12.1. The predicted molar refractivity (Wildman–Crippen MR) is 149 cm³/mol. The summed E-state index contributed by atoms with van der Waals surface area (Å²) in [5.74, 6) is 2.11. The number of halogens is 2. The Bertz CT molecular complexity index is 731. The van der Waals surface area contributed by atoms with Gasteiger partial charge >= 0.3 is 0 Å². The van der Waals surface area contributed by atoms with Crippen molar-refractivity contribution in [2.45, 2.75) is 142 Å². The monoisotopic (exact) mass is 504 g/mol. The summed E-state index contributed by atoms with van der Waals surface area (Å²) < 4.78 is 35.4. The van der Waals surface area contributed by atoms with Crippen molar-refractivity contribution < 1.29 is 13.5 Å². The molecule has 0 amide bonds. The van der Waals surface area contributed by atoms with Gasteiger partial charge in [-0.15, -0.1) is 0 Å². The van der Waals surface area contributed by atoms with Gasteiger partial charge in [0, 0.05) is 0 Å². The SMILES string of the molecule is CCCCCCCCOc1ccc(C2CCC(C(C)C3CCC(CCCCC)CC3)CC2)c(F)c1F. The lowest BCUT2D eigenvalue weighted by Gasteiger charge is -2.39. The smallest absolute Gasteiger partial charge is 0.200 e. The van der Waals surface area contributed by atoms with E-state index in [9.17, 15) is 4.39 Å². The highest BCUT2D eigenvalue weighted by Gasteiger charge is 2.33. The lowest BCUT2D eigenvalue weighted by atomic mass is 9.66. The van der Waals surface area contributed by atoms with Crippen LogP contribution in [0.25, 0.3) is 0 Å². The van der Waals surface area contributed by atoms with E-state index in [-0.39, 0.29) is 11.7 Å². The first-order valence-electron chi connectivity index (χ1n) is 15.7. The topological polar surface area (TPSA) is 9.23 Å². The minimum absolute atomic E-state index is 0.0809. The minimum atomic E-state index is -0.787. The molecular weight excluding hydrogens is 450 g/mol. The number of unbranched alkanes of at least 4 members (excludes halogenated alkanes) is 7. The number of ether oxygens (including phenoxy) is 1. The van der Waals surface area contributed by atoms with Crippen LogP contribution in [-0.4, -0.2) is 6.61 Å². The van der Waals surface area contributed by atoms with Crippen LogP contribution in [0.2, 0.25) is 0 Å². The molecular formula is C33H54F2O. The van der Waals surface area contributed by atoms with Crippen LogP contribution < -0.4 is 4.74 Å². The molecule has 2 aliphatic rings. The van der Waals surface area contributed by atoms with Crippen molar-refractivity contribution in [3.63, 3.8) is 0 Å². The van der Waals surface area contributed by atoms with E-state index >= 15 is 4.39 Å². The van der Waals surface area contributed by atoms with Crippen molar-refractivity contribution in [1.82, 2.24) is 0 Å². The van der Waals surface area contributed by atoms with Gasteiger partial charge in [0.05, 0.1) is 6.61 Å². The quantitative estimate of drug-likeness (QED) is 0.216. The summed E-state index contributed by atoms with van der Waals surface area (Å²) in [5, 5.41) is 0. The van der Waals surface area contributed by atoms with Gasteiger partial charge in [0.15, 0.2) is 11.6 Å². The summed E-state index contributed by atoms with van der Waals surface area (Å²) >= 11 is 0. The van der Waals surface area contributed by atoms with Crippen LogP contribution in [0.5, 0.6) is 5.75 Å². The van der Waals surface area contributed by atoms with E-state index < -0.39 is 11.6 Å². The van der Waals surface area contributed by atoms with E-state index in [1.54, 1.807) is 12.1 Å². The van der Waals surface area contributed by atoms with Gasteiger partial charge in [0.2, 0.25) is 5.82 Å². The zero-order valence-electron chi connectivity index (χ0n) is 23.6. The normalized spacial score (nSPS) is 25.6. The van der Waals surface area contributed by atoms with Crippen molar-refractivity contribution >= 4 is 0 Å². The Balaban J connectivity index is 1.41. The van der Waals surface area contributed by atoms with Gasteiger partial charge in [-0.2, -0.15) is 4.39 Å². The molecule has 206 valence electrons. The molecule has 3 heteroatoms. The van der Waals surface area contributed by atoms with Crippen molar-refractivity contribution in [3.8, 4) is 5.75 Å². The summed E-state index contributed by atoms with van der Waals surface area (Å²) in [5.41, 5.74) is 0.568. The third-order valence-corrected chi connectivity index (χ3v) is 9.64. The van der Waals surface area contributed by atoms with Crippen molar-refractivity contribution in [1.29, 1.82) is 0 Å². The van der Waals surface area contributed by atoms with Crippen LogP contribution in [0.1, 0.15) is 148 Å². The first-order valence-corrected chi connectivity index (χ1v) is 15.7. The Morgan fingerprint density at radius 1 is 0.722 bits per heavy atom. The fourth-order valence-electron chi connectivity index (χ4n) is 7.06. The van der Waals surface area contributed by atoms with Gasteiger partial charge in [-0.05, 0) is 86.2 Å². The van der Waals surface area contributed by atoms with Crippen LogP contribution in [0, 0.1) is 35.3 Å². The summed E-state index contributed by atoms with van der Waals surface area (Å²) in [6.45, 7) is 7.44. The van der Waals surface area contributed by atoms with Crippen LogP contribution in [0.15, 0.2) is 12.1 Å². The molecule has 2 fully saturated rings. The maximum Gasteiger partial charge on any atom is 0.200 e. The van der Waals surface area contributed by atoms with Gasteiger partial charge in [-0.1, -0.05) is 97.5 Å². The standard InChI is InChI=1S/C33H54F2O/c1-4-6-8-9-10-12-24-36-31-23-22-30(32(34)33(31)35)29-20-18-28(19-21-29)25(3)27-16-14-26(15-17-27)13-11-7-5-2/h22-23,25-29H,4-21,24H2,1-3H3. The summed E-state index contributed by atoms with van der Waals surface area (Å²) in [4.78, 5) is 0. The first kappa shape index (κ1) is 29.4. The molecule has 0 bridgehead atoms. The number of hydrogen-bond acceptors (Lipinski definition) is 1. The highest BCUT2D eigenvalue weighted by molar-refractivity contribution is 5.33. The number of rotatable bonds is 15. The molecule has 1 nitrogen and oxygen atoms in total. The Kier molecular flexibility index (Phi) is 13.1. The van der Waals surface area contributed by atoms with E-state index in [0.29, 0.717) is 12.2 Å². The molecule has 1 atom stereocenters. The Hall–Kier alpha value is -1.12. The second-order valence-corrected chi connectivity index (χ2v) is 12.1. The average molecular weight is 505 g/mol. The molecule has 0 spiro atoms. The minimum Gasteiger partial charge on any atom is -0.490 e. The van der Waals surface area contributed by atoms with E-state index in [2.05, 4.69) is 20.8 Å². The molecule has 1 aromatic carbocycles. The summed E-state index contributed by atoms with van der Waals surface area (Å²) in [6.07, 6.45) is 22.4. The Morgan fingerprint density at radius 3 is 1.97 bits per heavy atom. The van der Waals surface area contributed by atoms with E-state index in [1.807, 2.05) is 0 Å². The van der Waals surface area contributed by atoms with Gasteiger partial charge < -0.3 is 4.74 Å². The highest BCUT2D eigenvalue weighted by atomic mass is 19.2. The zero-order valence-corrected chi connectivity index (χ0v) is 23.6. The van der Waals surface area contributed by atoms with Crippen LogP contribution in [0.4, 0.5) is 8.78 Å². The van der Waals surface area contributed by atoms with Gasteiger partial charge in [-0.3, -0.25) is 0 Å². The molecule has 2 aliphatic carbocycles. The van der Waals surface area contributed by atoms with Gasteiger partial charge in [0.1, 0.15) is 0 Å². The fourth-order valence-corrected chi connectivity index (χ4v) is 7.06. The number of hydrogen-bond donors (Lipinski definition) is 0. The van der Waals surface area contributed by atoms with Gasteiger partial charge in [0.25, 0.3) is 0 Å². The molecule has 1 aromatic rings. The van der Waals surface area contributed by atoms with Crippen LogP contribution in [0.3, 0.4) is 0 Å². The third kappa shape index (κ3) is 8.73. The Morgan fingerprint density at radius 2 is 1.31 bits per heavy atom. The molecule has 0 aliphatic heterocycles. The van der Waals surface area contributed by atoms with E-state index in [4.69, 9.17) is 4.74 Å². The predicted octanol–water partition coefficient (Wildman–Crippen LogP) is 11.0. The number of benzene rings is 1. The fraction of sp³-hybridized carbons (Fsp3) is 0.818. The van der Waals surface area contributed by atoms with Crippen molar-refractivity contribution in [2.24, 2.45) is 23.7 Å². The van der Waals surface area contributed by atoms with Crippen molar-refractivity contribution in [2.75, 3.05) is 6.61 Å². The largest absolute Gasteiger partial charge is 0.490 e. The van der Waals surface area contributed by atoms with Crippen LogP contribution in [-0.2, 0) is 0 Å². The summed E-state index contributed by atoms with van der Waals surface area (Å²) in [7, 11) is 0. The summed E-state index contributed by atoms with van der Waals surface area (Å²) in [6, 6.07) is 3.46. The molecule has 1 unspecified atom stereocenters. The zero-order chi connectivity index (χ0) is 25.8. The molecule has 0 heterocycles. The lowest BCUT2D eigenvalue weighted by molar-refractivity contribution is 0.131. The first-order chi connectivity index (χ1) is 17.5. The Labute approximate surface area is 221 Å². The second kappa shape index (κ2) is 16.0. The average Bonchev–Trinajstić information content (AvgIpc) is 2.91. The molecule has 36 heavy (non-hydrogen) atoms. The van der Waals surface area contributed by atoms with E-state index in [0.717, 1.165) is 62.2 Å². The molecule has 0 aromatic heterocycles. The maximum atomic E-state index is 15.0. The lowest BCUT2D eigenvalue weighted by Crippen LogP contribution is -2.28. The van der Waals surface area contributed by atoms with Gasteiger partial charge in [-0.25, -0.2) is 4.39 Å². The van der Waals surface area contributed by atoms with Crippen molar-refractivity contribution in [3.05, 3.63) is 29.3 Å². The highest BCUT2D eigenvalue weighted by Crippen LogP contribution is 2.45. The van der Waals surface area contributed by atoms with E-state index in [1.165, 1.54) is 77.0 Å². The molecule has 0 N–H and O–H groups in total.